The first kappa shape index (κ1) is 11.5. The molecule has 0 radical (unpaired) electrons. The van der Waals surface area contributed by atoms with Gasteiger partial charge in [-0.25, -0.2) is 0 Å². The topological polar surface area (TPSA) is 47.0 Å². The third kappa shape index (κ3) is 2.40. The summed E-state index contributed by atoms with van der Waals surface area (Å²) in [5, 5.41) is 0.482. The van der Waals surface area contributed by atoms with Crippen LogP contribution in [0.25, 0.3) is 11.1 Å². The Morgan fingerprint density at radius 1 is 1.06 bits per heavy atom. The molecule has 0 spiro atoms. The molecule has 0 aliphatic heterocycles. The van der Waals surface area contributed by atoms with Crippen molar-refractivity contribution in [2.45, 2.75) is 0 Å². The first-order valence-electron chi connectivity index (χ1n) is 4.90. The molecule has 0 saturated carbocycles. The van der Waals surface area contributed by atoms with Crippen LogP contribution in [0.4, 0.5) is 0 Å². The van der Waals surface area contributed by atoms with Gasteiger partial charge in [0.15, 0.2) is 6.29 Å². The molecule has 0 bridgehead atoms. The van der Waals surface area contributed by atoms with Crippen molar-refractivity contribution in [1.29, 1.82) is 0 Å². The highest BCUT2D eigenvalue weighted by Gasteiger charge is 2.06. The van der Waals surface area contributed by atoms with E-state index in [-0.39, 0.29) is 0 Å². The van der Waals surface area contributed by atoms with Crippen LogP contribution in [0, 0.1) is 0 Å². The molecule has 0 amide bonds. The molecule has 1 aromatic carbocycles. The number of hydrogen-bond acceptors (Lipinski definition) is 3. The second kappa shape index (κ2) is 4.89. The maximum absolute atomic E-state index is 10.9. The van der Waals surface area contributed by atoms with E-state index >= 15 is 0 Å². The van der Waals surface area contributed by atoms with Gasteiger partial charge in [0.05, 0.1) is 5.02 Å². The molecule has 0 fully saturated rings. The van der Waals surface area contributed by atoms with Crippen molar-refractivity contribution in [2.75, 3.05) is 0 Å². The molecule has 0 aliphatic carbocycles. The van der Waals surface area contributed by atoms with Gasteiger partial charge in [0.25, 0.3) is 0 Å². The van der Waals surface area contributed by atoms with Crippen LogP contribution in [-0.4, -0.2) is 17.6 Å². The van der Waals surface area contributed by atoms with Crippen molar-refractivity contribution in [3.63, 3.8) is 0 Å². The van der Waals surface area contributed by atoms with Crippen molar-refractivity contribution in [3.05, 3.63) is 52.8 Å². The molecule has 3 nitrogen and oxygen atoms in total. The third-order valence-corrected chi connectivity index (χ3v) is 2.56. The minimum Gasteiger partial charge on any atom is -0.298 e. The highest BCUT2D eigenvalue weighted by atomic mass is 35.5. The van der Waals surface area contributed by atoms with Crippen LogP contribution in [0.3, 0.4) is 0 Å². The van der Waals surface area contributed by atoms with Gasteiger partial charge in [-0.3, -0.25) is 14.6 Å². The molecule has 17 heavy (non-hydrogen) atoms. The number of carbonyl (C=O) groups excluding carboxylic acids is 2. The molecule has 0 aliphatic rings. The van der Waals surface area contributed by atoms with E-state index in [9.17, 15) is 9.59 Å². The molecule has 4 heteroatoms. The van der Waals surface area contributed by atoms with Crippen LogP contribution < -0.4 is 0 Å². The summed E-state index contributed by atoms with van der Waals surface area (Å²) in [4.78, 5) is 25.6. The molecular formula is C13H8ClNO2. The zero-order chi connectivity index (χ0) is 12.3. The number of carbonyl (C=O) groups is 2. The first-order valence-corrected chi connectivity index (χ1v) is 5.27. The summed E-state index contributed by atoms with van der Waals surface area (Å²) in [6.45, 7) is 0. The molecule has 0 unspecified atom stereocenters. The number of rotatable bonds is 3. The van der Waals surface area contributed by atoms with E-state index in [1.807, 2.05) is 0 Å². The molecule has 2 rings (SSSR count). The molecule has 84 valence electrons. The lowest BCUT2D eigenvalue weighted by Crippen LogP contribution is -1.91. The van der Waals surface area contributed by atoms with E-state index in [4.69, 9.17) is 11.6 Å². The second-order valence-corrected chi connectivity index (χ2v) is 3.91. The summed E-state index contributed by atoms with van der Waals surface area (Å²) in [6.07, 6.45) is 4.58. The van der Waals surface area contributed by atoms with Gasteiger partial charge in [-0.05, 0) is 17.7 Å². The van der Waals surface area contributed by atoms with E-state index in [1.165, 1.54) is 6.20 Å². The van der Waals surface area contributed by atoms with Gasteiger partial charge < -0.3 is 0 Å². The van der Waals surface area contributed by atoms with Crippen molar-refractivity contribution in [2.24, 2.45) is 0 Å². The summed E-state index contributed by atoms with van der Waals surface area (Å²) in [6, 6.07) is 6.54. The fraction of sp³-hybridized carbons (Fsp3) is 0. The van der Waals surface area contributed by atoms with Crippen LogP contribution in [-0.2, 0) is 0 Å². The van der Waals surface area contributed by atoms with Gasteiger partial charge >= 0.3 is 0 Å². The third-order valence-electron chi connectivity index (χ3n) is 2.36. The van der Waals surface area contributed by atoms with Crippen LogP contribution in [0.5, 0.6) is 0 Å². The zero-order valence-corrected chi connectivity index (χ0v) is 9.52. The van der Waals surface area contributed by atoms with E-state index < -0.39 is 0 Å². The lowest BCUT2D eigenvalue weighted by molar-refractivity contribution is 0.111. The smallest absolute Gasteiger partial charge is 0.150 e. The van der Waals surface area contributed by atoms with Crippen molar-refractivity contribution >= 4 is 24.2 Å². The average molecular weight is 246 g/mol. The minimum atomic E-state index is 0.482. The number of halogens is 1. The van der Waals surface area contributed by atoms with Crippen LogP contribution in [0.15, 0.2) is 36.7 Å². The number of pyridine rings is 1. The Balaban J connectivity index is 2.63. The first-order chi connectivity index (χ1) is 8.24. The van der Waals surface area contributed by atoms with Gasteiger partial charge in [-0.2, -0.15) is 0 Å². The quantitative estimate of drug-likeness (QED) is 0.781. The number of nitrogens with zero attached hydrogens (tertiary/aromatic N) is 1. The molecule has 2 aromatic rings. The van der Waals surface area contributed by atoms with Crippen LogP contribution in [0.1, 0.15) is 20.7 Å². The van der Waals surface area contributed by atoms with E-state index in [0.717, 1.165) is 12.6 Å². The lowest BCUT2D eigenvalue weighted by Gasteiger charge is -2.05. The summed E-state index contributed by atoms with van der Waals surface area (Å²) >= 11 is 5.84. The van der Waals surface area contributed by atoms with E-state index in [1.54, 1.807) is 30.5 Å². The molecule has 0 saturated heterocycles. The van der Waals surface area contributed by atoms with Gasteiger partial charge in [0.2, 0.25) is 0 Å². The number of hydrogen-bond donors (Lipinski definition) is 0. The molecule has 1 heterocycles. The largest absolute Gasteiger partial charge is 0.298 e. The fourth-order valence-electron chi connectivity index (χ4n) is 1.56. The Kier molecular flexibility index (Phi) is 3.30. The number of aldehydes is 2. The minimum absolute atomic E-state index is 0.482. The van der Waals surface area contributed by atoms with E-state index in [0.29, 0.717) is 27.3 Å². The molecule has 1 aromatic heterocycles. The Labute approximate surface area is 103 Å². The molecule has 0 N–H and O–H groups in total. The predicted octanol–water partition coefficient (Wildman–Crippen LogP) is 3.03. The summed E-state index contributed by atoms with van der Waals surface area (Å²) in [5.41, 5.74) is 2.37. The monoisotopic (exact) mass is 245 g/mol. The second-order valence-electron chi connectivity index (χ2n) is 3.47. The standard InChI is InChI=1S/C13H8ClNO2/c14-12-4-11(5-15-6-12)13-3-9(7-16)1-2-10(13)8-17/h1-8H. The fourth-order valence-corrected chi connectivity index (χ4v) is 1.73. The predicted molar refractivity (Wildman–Crippen MR) is 65.5 cm³/mol. The highest BCUT2D eigenvalue weighted by molar-refractivity contribution is 6.30. The SMILES string of the molecule is O=Cc1ccc(C=O)c(-c2cncc(Cl)c2)c1. The number of benzene rings is 1. The maximum atomic E-state index is 10.9. The average Bonchev–Trinajstić information content (AvgIpc) is 2.38. The van der Waals surface area contributed by atoms with Gasteiger partial charge in [0, 0.05) is 29.1 Å². The van der Waals surface area contributed by atoms with Crippen LogP contribution in [0.2, 0.25) is 5.02 Å². The summed E-state index contributed by atoms with van der Waals surface area (Å²) < 4.78 is 0. The molecular weight excluding hydrogens is 238 g/mol. The Bertz CT molecular complexity index is 581. The normalized spacial score (nSPS) is 9.94. The maximum Gasteiger partial charge on any atom is 0.150 e. The van der Waals surface area contributed by atoms with Gasteiger partial charge in [0.1, 0.15) is 6.29 Å². The summed E-state index contributed by atoms with van der Waals surface area (Å²) in [5.74, 6) is 0. The van der Waals surface area contributed by atoms with Crippen molar-refractivity contribution in [3.8, 4) is 11.1 Å². The Hall–Kier alpha value is -2.00. The lowest BCUT2D eigenvalue weighted by atomic mass is 9.99. The van der Waals surface area contributed by atoms with Crippen molar-refractivity contribution < 1.29 is 9.59 Å². The van der Waals surface area contributed by atoms with Crippen LogP contribution >= 0.6 is 11.6 Å². The van der Waals surface area contributed by atoms with Gasteiger partial charge in [-0.1, -0.05) is 23.7 Å². The van der Waals surface area contributed by atoms with Crippen molar-refractivity contribution in [1.82, 2.24) is 4.98 Å². The van der Waals surface area contributed by atoms with E-state index in [2.05, 4.69) is 4.98 Å². The summed E-state index contributed by atoms with van der Waals surface area (Å²) in [7, 11) is 0. The zero-order valence-electron chi connectivity index (χ0n) is 8.76. The number of aromatic nitrogens is 1. The Morgan fingerprint density at radius 3 is 2.53 bits per heavy atom. The highest BCUT2D eigenvalue weighted by Crippen LogP contribution is 2.25. The van der Waals surface area contributed by atoms with Gasteiger partial charge in [-0.15, -0.1) is 0 Å². The Morgan fingerprint density at radius 2 is 1.88 bits per heavy atom. The molecule has 0 atom stereocenters.